The molecule has 0 aliphatic heterocycles. The first kappa shape index (κ1) is 32.3. The third-order valence-electron chi connectivity index (χ3n) is 4.51. The first-order chi connectivity index (χ1) is 18.0. The second-order valence-electron chi connectivity index (χ2n) is 7.71. The Kier molecular flexibility index (Phi) is 19.6. The third-order valence-corrected chi connectivity index (χ3v) is 4.51. The number of carbonyl (C=O) groups is 3. The summed E-state index contributed by atoms with van der Waals surface area (Å²) in [6.45, 7) is 6.96. The molecule has 0 aliphatic carbocycles. The number of rotatable bonds is 24. The van der Waals surface area contributed by atoms with Crippen molar-refractivity contribution in [2.24, 2.45) is 0 Å². The number of ether oxygens (including phenoxy) is 6. The number of amides is 2. The molecule has 1 aromatic carbocycles. The van der Waals surface area contributed by atoms with Gasteiger partial charge >= 0.3 is 5.97 Å². The molecular formula is C25H40N2O10. The summed E-state index contributed by atoms with van der Waals surface area (Å²) in [7, 11) is 0. The molecule has 0 spiro atoms. The topological polar surface area (TPSA) is 151 Å². The molecule has 1 aromatic rings. The predicted molar refractivity (Wildman–Crippen MR) is 135 cm³/mol. The summed E-state index contributed by atoms with van der Waals surface area (Å²) < 4.78 is 32.7. The highest BCUT2D eigenvalue weighted by molar-refractivity contribution is 5.88. The molecule has 0 saturated heterocycles. The predicted octanol–water partition coefficient (Wildman–Crippen LogP) is 1.48. The van der Waals surface area contributed by atoms with Crippen LogP contribution >= 0.6 is 0 Å². The van der Waals surface area contributed by atoms with Gasteiger partial charge in [0.1, 0.15) is 12.4 Å². The molecule has 0 fully saturated rings. The second kappa shape index (κ2) is 22.4. The van der Waals surface area contributed by atoms with Crippen LogP contribution in [0.2, 0.25) is 0 Å². The first-order valence-electron chi connectivity index (χ1n) is 12.3. The summed E-state index contributed by atoms with van der Waals surface area (Å²) in [4.78, 5) is 32.7. The van der Waals surface area contributed by atoms with Crippen LogP contribution in [0.5, 0.6) is 5.75 Å². The minimum absolute atomic E-state index is 0.0102. The summed E-state index contributed by atoms with van der Waals surface area (Å²) in [6, 6.07) is 7.13. The van der Waals surface area contributed by atoms with Crippen molar-refractivity contribution in [2.45, 2.75) is 26.2 Å². The van der Waals surface area contributed by atoms with Crippen molar-refractivity contribution in [3.63, 3.8) is 0 Å². The van der Waals surface area contributed by atoms with Gasteiger partial charge in [-0.2, -0.15) is 0 Å². The van der Waals surface area contributed by atoms with Crippen molar-refractivity contribution in [3.8, 4) is 5.75 Å². The van der Waals surface area contributed by atoms with Gasteiger partial charge in [-0.1, -0.05) is 0 Å². The van der Waals surface area contributed by atoms with Crippen LogP contribution in [0.25, 0.3) is 0 Å². The maximum Gasteiger partial charge on any atom is 0.303 e. The molecule has 0 saturated carbocycles. The van der Waals surface area contributed by atoms with Crippen molar-refractivity contribution >= 4 is 23.5 Å². The number of carboxylic acids is 1. The normalized spacial score (nSPS) is 10.7. The third kappa shape index (κ3) is 21.1. The first-order valence-corrected chi connectivity index (χ1v) is 12.3. The SMILES string of the molecule is CC(=O)Nc1ccc(OCCOCCOCCOCCOCCOCCCNC(=O)CCC(=O)O)cc1. The molecule has 12 heteroatoms. The van der Waals surface area contributed by atoms with Crippen LogP contribution in [0, 0.1) is 0 Å². The number of aliphatic carboxylic acids is 1. The van der Waals surface area contributed by atoms with E-state index in [1.807, 2.05) is 0 Å². The number of hydrogen-bond acceptors (Lipinski definition) is 9. The molecular weight excluding hydrogens is 488 g/mol. The zero-order valence-electron chi connectivity index (χ0n) is 21.5. The Morgan fingerprint density at radius 1 is 0.703 bits per heavy atom. The summed E-state index contributed by atoms with van der Waals surface area (Å²) in [6.07, 6.45) is 0.477. The van der Waals surface area contributed by atoms with Crippen LogP contribution < -0.4 is 15.4 Å². The van der Waals surface area contributed by atoms with Gasteiger partial charge in [0.25, 0.3) is 0 Å². The lowest BCUT2D eigenvalue weighted by molar-refractivity contribution is -0.138. The van der Waals surface area contributed by atoms with Crippen LogP contribution in [0.15, 0.2) is 24.3 Å². The molecule has 0 unspecified atom stereocenters. The van der Waals surface area contributed by atoms with Crippen molar-refractivity contribution in [1.82, 2.24) is 5.32 Å². The van der Waals surface area contributed by atoms with Gasteiger partial charge in [-0.05, 0) is 30.7 Å². The Hall–Kier alpha value is -2.77. The van der Waals surface area contributed by atoms with Crippen molar-refractivity contribution in [1.29, 1.82) is 0 Å². The van der Waals surface area contributed by atoms with E-state index in [0.29, 0.717) is 91.4 Å². The highest BCUT2D eigenvalue weighted by Crippen LogP contribution is 2.15. The van der Waals surface area contributed by atoms with Gasteiger partial charge in [0.2, 0.25) is 11.8 Å². The highest BCUT2D eigenvalue weighted by atomic mass is 16.6. The fourth-order valence-electron chi connectivity index (χ4n) is 2.75. The van der Waals surface area contributed by atoms with E-state index in [9.17, 15) is 14.4 Å². The molecule has 37 heavy (non-hydrogen) atoms. The van der Waals surface area contributed by atoms with E-state index in [4.69, 9.17) is 33.5 Å². The zero-order valence-corrected chi connectivity index (χ0v) is 21.5. The van der Waals surface area contributed by atoms with Crippen LogP contribution in [0.1, 0.15) is 26.2 Å². The summed E-state index contributed by atoms with van der Waals surface area (Å²) >= 11 is 0. The van der Waals surface area contributed by atoms with Gasteiger partial charge < -0.3 is 44.2 Å². The molecule has 0 aliphatic rings. The Bertz CT molecular complexity index is 745. The standard InChI is InChI=1S/C25H40N2O10/c1-21(28)27-22-3-5-23(6-4-22)37-20-19-36-18-17-35-16-15-34-14-13-33-12-11-32-10-2-9-26-24(29)7-8-25(30)31/h3-6H,2,7-20H2,1H3,(H,26,29)(H,27,28)(H,30,31). The van der Waals surface area contributed by atoms with Crippen LogP contribution in [0.3, 0.4) is 0 Å². The van der Waals surface area contributed by atoms with Gasteiger partial charge in [-0.15, -0.1) is 0 Å². The largest absolute Gasteiger partial charge is 0.491 e. The lowest BCUT2D eigenvalue weighted by Gasteiger charge is -2.09. The quantitative estimate of drug-likeness (QED) is 0.168. The minimum Gasteiger partial charge on any atom is -0.491 e. The Morgan fingerprint density at radius 3 is 1.68 bits per heavy atom. The number of nitrogens with one attached hydrogen (secondary N) is 2. The van der Waals surface area contributed by atoms with E-state index in [0.717, 1.165) is 5.69 Å². The molecule has 0 bridgehead atoms. The molecule has 0 radical (unpaired) electrons. The number of carboxylic acid groups (broad SMARTS) is 1. The number of benzene rings is 1. The summed E-state index contributed by atoms with van der Waals surface area (Å²) in [5.74, 6) is -0.661. The molecule has 0 atom stereocenters. The average molecular weight is 529 g/mol. The van der Waals surface area contributed by atoms with E-state index < -0.39 is 5.97 Å². The Balaban J connectivity index is 1.75. The number of anilines is 1. The van der Waals surface area contributed by atoms with Gasteiger partial charge in [0.15, 0.2) is 0 Å². The van der Waals surface area contributed by atoms with Crippen molar-refractivity contribution < 1.29 is 47.9 Å². The molecule has 1 rings (SSSR count). The number of carbonyl (C=O) groups excluding carboxylic acids is 2. The zero-order chi connectivity index (χ0) is 27.0. The fourth-order valence-corrected chi connectivity index (χ4v) is 2.75. The monoisotopic (exact) mass is 528 g/mol. The maximum atomic E-state index is 11.3. The van der Waals surface area contributed by atoms with E-state index in [2.05, 4.69) is 10.6 Å². The lowest BCUT2D eigenvalue weighted by atomic mass is 10.3. The maximum absolute atomic E-state index is 11.3. The smallest absolute Gasteiger partial charge is 0.303 e. The van der Waals surface area contributed by atoms with E-state index in [1.54, 1.807) is 24.3 Å². The van der Waals surface area contributed by atoms with Crippen molar-refractivity contribution in [2.75, 3.05) is 84.5 Å². The molecule has 2 amide bonds. The van der Waals surface area contributed by atoms with Gasteiger partial charge in [-0.25, -0.2) is 0 Å². The minimum atomic E-state index is -0.984. The van der Waals surface area contributed by atoms with Crippen LogP contribution in [0.4, 0.5) is 5.69 Å². The number of hydrogen-bond donors (Lipinski definition) is 3. The van der Waals surface area contributed by atoms with Crippen LogP contribution in [-0.4, -0.2) is 102 Å². The van der Waals surface area contributed by atoms with Gasteiger partial charge in [-0.3, -0.25) is 14.4 Å². The fraction of sp³-hybridized carbons (Fsp3) is 0.640. The Morgan fingerprint density at radius 2 is 1.19 bits per heavy atom. The summed E-state index contributed by atoms with van der Waals surface area (Å²) in [5, 5.41) is 13.8. The Labute approximate surface area is 217 Å². The van der Waals surface area contributed by atoms with Crippen LogP contribution in [-0.2, 0) is 38.1 Å². The molecule has 12 nitrogen and oxygen atoms in total. The molecule has 0 aromatic heterocycles. The molecule has 3 N–H and O–H groups in total. The van der Waals surface area contributed by atoms with E-state index >= 15 is 0 Å². The van der Waals surface area contributed by atoms with Gasteiger partial charge in [0.05, 0.1) is 65.9 Å². The summed E-state index contributed by atoms with van der Waals surface area (Å²) in [5.41, 5.74) is 0.723. The highest BCUT2D eigenvalue weighted by Gasteiger charge is 2.04. The van der Waals surface area contributed by atoms with E-state index in [-0.39, 0.29) is 24.7 Å². The molecule has 0 heterocycles. The lowest BCUT2D eigenvalue weighted by Crippen LogP contribution is -2.25. The molecule has 210 valence electrons. The second-order valence-corrected chi connectivity index (χ2v) is 7.71. The van der Waals surface area contributed by atoms with E-state index in [1.165, 1.54) is 6.92 Å². The van der Waals surface area contributed by atoms with Crippen molar-refractivity contribution in [3.05, 3.63) is 24.3 Å². The average Bonchev–Trinajstić information content (AvgIpc) is 2.87. The van der Waals surface area contributed by atoms with Gasteiger partial charge in [0, 0.05) is 32.2 Å².